The molecule has 0 saturated heterocycles. The van der Waals surface area contributed by atoms with Crippen LogP contribution in [0.15, 0.2) is 35.7 Å². The highest BCUT2D eigenvalue weighted by atomic mass is 32.1. The van der Waals surface area contributed by atoms with Crippen LogP contribution >= 0.6 is 11.3 Å². The van der Waals surface area contributed by atoms with Crippen LogP contribution in [0.5, 0.6) is 5.75 Å². The number of carbonyl (C=O) groups excluding carboxylic acids is 1. The van der Waals surface area contributed by atoms with Gasteiger partial charge in [0.2, 0.25) is 0 Å². The maximum Gasteiger partial charge on any atom is 0.168 e. The highest BCUT2D eigenvalue weighted by molar-refractivity contribution is 7.12. The normalized spacial score (nSPS) is 23.2. The Balaban J connectivity index is 1.96. The standard InChI is InChI=1S/C19H15NO2S/c20-10-12-8-9-23-19(12)17-16(11-4-6-13(21)7-5-11)14-2-1-3-15(14)18(17)22/h4-9,14-15,21H,1-3H2. The number of phenolic OH excluding ortho intramolecular Hbond substituents is 1. The Labute approximate surface area is 138 Å². The average Bonchev–Trinajstić information content (AvgIpc) is 3.25. The fraction of sp³-hybridized carbons (Fsp3) is 0.263. The number of carbonyl (C=O) groups is 1. The smallest absolute Gasteiger partial charge is 0.168 e. The third kappa shape index (κ3) is 2.12. The molecule has 2 unspecified atom stereocenters. The first kappa shape index (κ1) is 14.2. The number of fused-ring (bicyclic) bond motifs is 1. The van der Waals surface area contributed by atoms with E-state index >= 15 is 0 Å². The van der Waals surface area contributed by atoms with Gasteiger partial charge in [0.25, 0.3) is 0 Å². The van der Waals surface area contributed by atoms with Crippen LogP contribution in [0, 0.1) is 23.2 Å². The lowest BCUT2D eigenvalue weighted by molar-refractivity contribution is -0.117. The van der Waals surface area contributed by atoms with E-state index in [1.54, 1.807) is 18.2 Å². The molecule has 4 heteroatoms. The fourth-order valence-corrected chi connectivity index (χ4v) is 4.86. The molecule has 2 aliphatic rings. The van der Waals surface area contributed by atoms with Crippen molar-refractivity contribution in [3.8, 4) is 11.8 Å². The van der Waals surface area contributed by atoms with Crippen molar-refractivity contribution in [1.29, 1.82) is 5.26 Å². The van der Waals surface area contributed by atoms with Crippen LogP contribution in [-0.4, -0.2) is 10.9 Å². The summed E-state index contributed by atoms with van der Waals surface area (Å²) in [6.45, 7) is 0. The molecule has 3 nitrogen and oxygen atoms in total. The van der Waals surface area contributed by atoms with Crippen LogP contribution in [0.3, 0.4) is 0 Å². The number of allylic oxidation sites excluding steroid dienone is 2. The highest BCUT2D eigenvalue weighted by Crippen LogP contribution is 2.53. The van der Waals surface area contributed by atoms with Crippen LogP contribution < -0.4 is 0 Å². The van der Waals surface area contributed by atoms with Gasteiger partial charge in [-0.15, -0.1) is 11.3 Å². The number of ketones is 1. The summed E-state index contributed by atoms with van der Waals surface area (Å²) in [5.41, 5.74) is 3.36. The third-order valence-electron chi connectivity index (χ3n) is 4.93. The largest absolute Gasteiger partial charge is 0.508 e. The number of hydrogen-bond donors (Lipinski definition) is 1. The number of phenols is 1. The van der Waals surface area contributed by atoms with Crippen LogP contribution in [0.2, 0.25) is 0 Å². The Morgan fingerprint density at radius 3 is 2.61 bits per heavy atom. The van der Waals surface area contributed by atoms with Gasteiger partial charge in [0.15, 0.2) is 5.78 Å². The molecule has 1 heterocycles. The first-order chi connectivity index (χ1) is 11.2. The van der Waals surface area contributed by atoms with E-state index in [1.807, 2.05) is 17.5 Å². The molecule has 114 valence electrons. The Morgan fingerprint density at radius 1 is 1.13 bits per heavy atom. The summed E-state index contributed by atoms with van der Waals surface area (Å²) in [5.74, 6) is 0.713. The zero-order valence-electron chi connectivity index (χ0n) is 12.5. The molecule has 0 bridgehead atoms. The quantitative estimate of drug-likeness (QED) is 0.900. The number of benzene rings is 1. The molecule has 1 aromatic carbocycles. The van der Waals surface area contributed by atoms with Gasteiger partial charge in [0.1, 0.15) is 11.8 Å². The molecule has 1 saturated carbocycles. The number of Topliss-reactive ketones (excluding diaryl/α,β-unsaturated/α-hetero) is 1. The second-order valence-corrected chi connectivity index (χ2v) is 7.04. The van der Waals surface area contributed by atoms with E-state index in [1.165, 1.54) is 11.3 Å². The summed E-state index contributed by atoms with van der Waals surface area (Å²) in [6.07, 6.45) is 3.02. The second kappa shape index (κ2) is 5.36. The van der Waals surface area contributed by atoms with Gasteiger partial charge >= 0.3 is 0 Å². The molecule has 1 aromatic heterocycles. The summed E-state index contributed by atoms with van der Waals surface area (Å²) < 4.78 is 0. The van der Waals surface area contributed by atoms with Gasteiger partial charge in [-0.25, -0.2) is 0 Å². The van der Waals surface area contributed by atoms with Gasteiger partial charge in [0.05, 0.1) is 10.4 Å². The molecular formula is C19H15NO2S. The lowest BCUT2D eigenvalue weighted by Gasteiger charge is -2.14. The van der Waals surface area contributed by atoms with Crippen LogP contribution in [0.1, 0.15) is 35.3 Å². The monoisotopic (exact) mass is 321 g/mol. The molecule has 0 aliphatic heterocycles. The van der Waals surface area contributed by atoms with E-state index in [9.17, 15) is 15.2 Å². The number of hydrogen-bond acceptors (Lipinski definition) is 4. The minimum Gasteiger partial charge on any atom is -0.508 e. The van der Waals surface area contributed by atoms with Gasteiger partial charge in [0, 0.05) is 11.5 Å². The summed E-state index contributed by atoms with van der Waals surface area (Å²) in [5, 5.41) is 20.8. The molecule has 0 spiro atoms. The maximum atomic E-state index is 13.0. The highest BCUT2D eigenvalue weighted by Gasteiger charge is 2.45. The first-order valence-electron chi connectivity index (χ1n) is 7.76. The molecule has 2 aliphatic carbocycles. The van der Waals surface area contributed by atoms with E-state index < -0.39 is 0 Å². The SMILES string of the molecule is N#Cc1ccsc1C1=C(c2ccc(O)cc2)C2CCCC2C1=O. The van der Waals surface area contributed by atoms with Gasteiger partial charge in [-0.2, -0.15) is 5.26 Å². The Bertz CT molecular complexity index is 854. The second-order valence-electron chi connectivity index (χ2n) is 6.12. The molecule has 1 fully saturated rings. The number of nitrogens with zero attached hydrogens (tertiary/aromatic N) is 1. The third-order valence-corrected chi connectivity index (χ3v) is 5.86. The lowest BCUT2D eigenvalue weighted by atomic mass is 9.90. The molecule has 2 atom stereocenters. The topological polar surface area (TPSA) is 61.1 Å². The van der Waals surface area contributed by atoms with E-state index in [2.05, 4.69) is 6.07 Å². The first-order valence-corrected chi connectivity index (χ1v) is 8.64. The van der Waals surface area contributed by atoms with Gasteiger partial charge in [-0.3, -0.25) is 4.79 Å². The van der Waals surface area contributed by atoms with Crippen LogP contribution in [-0.2, 0) is 4.79 Å². The molecule has 0 amide bonds. The Kier molecular flexibility index (Phi) is 3.32. The van der Waals surface area contributed by atoms with E-state index in [0.717, 1.165) is 40.8 Å². The number of thiophene rings is 1. The van der Waals surface area contributed by atoms with Crippen molar-refractivity contribution < 1.29 is 9.90 Å². The van der Waals surface area contributed by atoms with Crippen molar-refractivity contribution in [2.45, 2.75) is 19.3 Å². The Hall–Kier alpha value is -2.38. The van der Waals surface area contributed by atoms with Crippen molar-refractivity contribution in [3.05, 3.63) is 51.7 Å². The molecule has 4 rings (SSSR count). The zero-order valence-corrected chi connectivity index (χ0v) is 13.3. The van der Waals surface area contributed by atoms with Gasteiger partial charge in [-0.05, 0) is 53.5 Å². The maximum absolute atomic E-state index is 13.0. The van der Waals surface area contributed by atoms with Crippen molar-refractivity contribution in [2.75, 3.05) is 0 Å². The van der Waals surface area contributed by atoms with E-state index in [0.29, 0.717) is 5.56 Å². The van der Waals surface area contributed by atoms with Crippen molar-refractivity contribution >= 4 is 28.3 Å². The minimum absolute atomic E-state index is 0.0578. The predicted octanol–water partition coefficient (Wildman–Crippen LogP) is 4.24. The molecular weight excluding hydrogens is 306 g/mol. The number of rotatable bonds is 2. The van der Waals surface area contributed by atoms with E-state index in [-0.39, 0.29) is 23.4 Å². The van der Waals surface area contributed by atoms with Crippen molar-refractivity contribution in [3.63, 3.8) is 0 Å². The predicted molar refractivity (Wildman–Crippen MR) is 89.8 cm³/mol. The zero-order chi connectivity index (χ0) is 16.0. The van der Waals surface area contributed by atoms with Crippen molar-refractivity contribution in [1.82, 2.24) is 0 Å². The summed E-state index contributed by atoms with van der Waals surface area (Å²) >= 11 is 1.46. The molecule has 2 aromatic rings. The summed E-state index contributed by atoms with van der Waals surface area (Å²) in [4.78, 5) is 13.8. The van der Waals surface area contributed by atoms with Crippen LogP contribution in [0.4, 0.5) is 0 Å². The molecule has 1 N–H and O–H groups in total. The van der Waals surface area contributed by atoms with Gasteiger partial charge < -0.3 is 5.11 Å². The van der Waals surface area contributed by atoms with E-state index in [4.69, 9.17) is 0 Å². The lowest BCUT2D eigenvalue weighted by Crippen LogP contribution is -2.11. The minimum atomic E-state index is 0.0578. The van der Waals surface area contributed by atoms with Crippen molar-refractivity contribution in [2.24, 2.45) is 11.8 Å². The molecule has 23 heavy (non-hydrogen) atoms. The summed E-state index contributed by atoms with van der Waals surface area (Å²) in [6, 6.07) is 11.0. The number of nitriles is 1. The van der Waals surface area contributed by atoms with Crippen LogP contribution in [0.25, 0.3) is 11.1 Å². The summed E-state index contributed by atoms with van der Waals surface area (Å²) in [7, 11) is 0. The Morgan fingerprint density at radius 2 is 1.87 bits per heavy atom. The average molecular weight is 321 g/mol. The fourth-order valence-electron chi connectivity index (χ4n) is 3.95. The number of aromatic hydroxyl groups is 1. The van der Waals surface area contributed by atoms with Gasteiger partial charge in [-0.1, -0.05) is 18.6 Å². The molecule has 0 radical (unpaired) electrons.